The molecule has 0 atom stereocenters. The molecule has 1 heteroatoms. The van der Waals surface area contributed by atoms with Crippen molar-refractivity contribution in [2.45, 2.75) is 20.3 Å². The monoisotopic (exact) mass is 231 g/mol. The van der Waals surface area contributed by atoms with Gasteiger partial charge < -0.3 is 0 Å². The molecule has 0 radical (unpaired) electrons. The Morgan fingerprint density at radius 2 is 1.53 bits per heavy atom. The summed E-state index contributed by atoms with van der Waals surface area (Å²) in [6.07, 6.45) is 4.96. The van der Waals surface area contributed by atoms with E-state index >= 15 is 0 Å². The molecule has 0 saturated heterocycles. The third kappa shape index (κ3) is 7.53. The third-order valence-corrected chi connectivity index (χ3v) is 2.33. The van der Waals surface area contributed by atoms with Crippen LogP contribution in [-0.4, -0.2) is 24.5 Å². The van der Waals surface area contributed by atoms with E-state index in [1.165, 1.54) is 5.56 Å². The molecular formula is C16H25N. The van der Waals surface area contributed by atoms with Crippen molar-refractivity contribution in [3.8, 4) is 0 Å². The average molecular weight is 231 g/mol. The maximum Gasteiger partial charge on any atom is 0.0164 e. The van der Waals surface area contributed by atoms with Crippen molar-refractivity contribution in [3.63, 3.8) is 0 Å². The highest BCUT2D eigenvalue weighted by molar-refractivity contribution is 5.14. The maximum atomic E-state index is 3.76. The SMILES string of the molecule is C=CCN(CC=C)CCc1ccccc1.CC. The lowest BCUT2D eigenvalue weighted by Crippen LogP contribution is -2.26. The second-order valence-electron chi connectivity index (χ2n) is 3.57. The van der Waals surface area contributed by atoms with Gasteiger partial charge in [0.2, 0.25) is 0 Å². The molecule has 0 fully saturated rings. The van der Waals surface area contributed by atoms with Gasteiger partial charge in [0.05, 0.1) is 0 Å². The van der Waals surface area contributed by atoms with Gasteiger partial charge in [-0.05, 0) is 12.0 Å². The fraction of sp³-hybridized carbons (Fsp3) is 0.375. The van der Waals surface area contributed by atoms with Crippen LogP contribution in [0.4, 0.5) is 0 Å². The van der Waals surface area contributed by atoms with Crippen molar-refractivity contribution < 1.29 is 0 Å². The largest absolute Gasteiger partial charge is 0.296 e. The molecule has 1 aromatic carbocycles. The minimum absolute atomic E-state index is 0.929. The lowest BCUT2D eigenvalue weighted by Gasteiger charge is -2.18. The molecule has 0 aromatic heterocycles. The van der Waals surface area contributed by atoms with Crippen LogP contribution in [0.5, 0.6) is 0 Å². The third-order valence-electron chi connectivity index (χ3n) is 2.33. The van der Waals surface area contributed by atoms with Crippen molar-refractivity contribution in [3.05, 3.63) is 61.2 Å². The first-order valence-corrected chi connectivity index (χ1v) is 6.35. The van der Waals surface area contributed by atoms with Crippen LogP contribution in [0.1, 0.15) is 19.4 Å². The summed E-state index contributed by atoms with van der Waals surface area (Å²) in [7, 11) is 0. The Balaban J connectivity index is 0.00000121. The summed E-state index contributed by atoms with van der Waals surface area (Å²) in [4.78, 5) is 2.33. The highest BCUT2D eigenvalue weighted by Crippen LogP contribution is 2.01. The number of rotatable bonds is 7. The van der Waals surface area contributed by atoms with Gasteiger partial charge in [0, 0.05) is 19.6 Å². The minimum atomic E-state index is 0.929. The zero-order chi connectivity index (χ0) is 12.9. The zero-order valence-corrected chi connectivity index (χ0v) is 11.2. The van der Waals surface area contributed by atoms with Crippen LogP contribution in [0.2, 0.25) is 0 Å². The van der Waals surface area contributed by atoms with Crippen LogP contribution in [-0.2, 0) is 6.42 Å². The molecule has 1 rings (SSSR count). The summed E-state index contributed by atoms with van der Waals surface area (Å²) in [6, 6.07) is 10.6. The van der Waals surface area contributed by atoms with Gasteiger partial charge in [0.25, 0.3) is 0 Å². The minimum Gasteiger partial charge on any atom is -0.296 e. The fourth-order valence-electron chi connectivity index (χ4n) is 1.55. The van der Waals surface area contributed by atoms with Crippen LogP contribution in [0.15, 0.2) is 55.6 Å². The van der Waals surface area contributed by atoms with Crippen LogP contribution in [0, 0.1) is 0 Å². The fourth-order valence-corrected chi connectivity index (χ4v) is 1.55. The molecule has 17 heavy (non-hydrogen) atoms. The maximum absolute atomic E-state index is 3.76. The van der Waals surface area contributed by atoms with Crippen molar-refractivity contribution in [2.75, 3.05) is 19.6 Å². The van der Waals surface area contributed by atoms with E-state index in [-0.39, 0.29) is 0 Å². The normalized spacial score (nSPS) is 9.35. The predicted octanol–water partition coefficient (Wildman–Crippen LogP) is 3.93. The molecule has 94 valence electrons. The Morgan fingerprint density at radius 3 is 2.00 bits per heavy atom. The van der Waals surface area contributed by atoms with E-state index in [1.807, 2.05) is 26.0 Å². The van der Waals surface area contributed by atoms with E-state index in [1.54, 1.807) is 0 Å². The zero-order valence-electron chi connectivity index (χ0n) is 11.2. The number of hydrogen-bond donors (Lipinski definition) is 0. The number of nitrogens with zero attached hydrogens (tertiary/aromatic N) is 1. The van der Waals surface area contributed by atoms with Gasteiger partial charge >= 0.3 is 0 Å². The molecule has 0 spiro atoms. The lowest BCUT2D eigenvalue weighted by molar-refractivity contribution is 0.340. The topological polar surface area (TPSA) is 3.24 Å². The van der Waals surface area contributed by atoms with Crippen molar-refractivity contribution >= 4 is 0 Å². The van der Waals surface area contributed by atoms with Gasteiger partial charge in [-0.1, -0.05) is 56.3 Å². The molecule has 0 aliphatic heterocycles. The Morgan fingerprint density at radius 1 is 1.00 bits per heavy atom. The smallest absolute Gasteiger partial charge is 0.0164 e. The van der Waals surface area contributed by atoms with Gasteiger partial charge in [0.15, 0.2) is 0 Å². The Bertz CT molecular complexity index is 280. The molecule has 1 aromatic rings. The van der Waals surface area contributed by atoms with Crippen molar-refractivity contribution in [1.82, 2.24) is 4.90 Å². The first-order chi connectivity index (χ1) is 8.36. The van der Waals surface area contributed by atoms with Crippen LogP contribution in [0.3, 0.4) is 0 Å². The first-order valence-electron chi connectivity index (χ1n) is 6.35. The van der Waals surface area contributed by atoms with Crippen LogP contribution < -0.4 is 0 Å². The highest BCUT2D eigenvalue weighted by Gasteiger charge is 2.00. The van der Waals surface area contributed by atoms with E-state index in [0.717, 1.165) is 26.1 Å². The summed E-state index contributed by atoms with van der Waals surface area (Å²) in [5.74, 6) is 0. The highest BCUT2D eigenvalue weighted by atomic mass is 15.1. The second-order valence-corrected chi connectivity index (χ2v) is 3.57. The summed E-state index contributed by atoms with van der Waals surface area (Å²) < 4.78 is 0. The molecule has 0 aliphatic carbocycles. The van der Waals surface area contributed by atoms with E-state index < -0.39 is 0 Å². The van der Waals surface area contributed by atoms with Gasteiger partial charge in [0.1, 0.15) is 0 Å². The molecular weight excluding hydrogens is 206 g/mol. The number of benzene rings is 1. The van der Waals surface area contributed by atoms with Crippen LogP contribution >= 0.6 is 0 Å². The van der Waals surface area contributed by atoms with Gasteiger partial charge in [-0.3, -0.25) is 4.90 Å². The number of hydrogen-bond acceptors (Lipinski definition) is 1. The second kappa shape index (κ2) is 11.2. The Labute approximate surface area is 106 Å². The molecule has 0 unspecified atom stereocenters. The molecule has 0 amide bonds. The van der Waals surface area contributed by atoms with E-state index in [9.17, 15) is 0 Å². The van der Waals surface area contributed by atoms with E-state index in [2.05, 4.69) is 48.4 Å². The first kappa shape index (κ1) is 15.7. The molecule has 0 saturated carbocycles. The van der Waals surface area contributed by atoms with Gasteiger partial charge in [-0.15, -0.1) is 13.2 Å². The summed E-state index contributed by atoms with van der Waals surface area (Å²) in [6.45, 7) is 14.4. The lowest BCUT2D eigenvalue weighted by atomic mass is 10.1. The van der Waals surface area contributed by atoms with Gasteiger partial charge in [-0.2, -0.15) is 0 Å². The van der Waals surface area contributed by atoms with Crippen molar-refractivity contribution in [2.24, 2.45) is 0 Å². The van der Waals surface area contributed by atoms with Crippen molar-refractivity contribution in [1.29, 1.82) is 0 Å². The van der Waals surface area contributed by atoms with E-state index in [4.69, 9.17) is 0 Å². The van der Waals surface area contributed by atoms with Gasteiger partial charge in [-0.25, -0.2) is 0 Å². The Hall–Kier alpha value is -1.34. The molecule has 0 bridgehead atoms. The average Bonchev–Trinajstić information content (AvgIpc) is 2.40. The molecule has 1 nitrogen and oxygen atoms in total. The molecule has 0 heterocycles. The summed E-state index contributed by atoms with van der Waals surface area (Å²) in [5, 5.41) is 0. The standard InChI is InChI=1S/C14H19N.C2H6/c1-3-11-15(12-4-2)13-10-14-8-6-5-7-9-14;1-2/h3-9H,1-2,10-13H2;1-2H3. The van der Waals surface area contributed by atoms with Crippen LogP contribution in [0.25, 0.3) is 0 Å². The van der Waals surface area contributed by atoms with E-state index in [0.29, 0.717) is 0 Å². The summed E-state index contributed by atoms with van der Waals surface area (Å²) in [5.41, 5.74) is 1.38. The predicted molar refractivity (Wildman–Crippen MR) is 78.3 cm³/mol. The summed E-state index contributed by atoms with van der Waals surface area (Å²) >= 11 is 0. The quantitative estimate of drug-likeness (QED) is 0.643. The molecule has 0 N–H and O–H groups in total. The molecule has 0 aliphatic rings. The Kier molecular flexibility index (Phi) is 10.3.